The molecule has 0 aliphatic rings. The number of nitrogens with one attached hydrogen (secondary N) is 1. The number of ether oxygens (including phenoxy) is 2. The van der Waals surface area contributed by atoms with Crippen LogP contribution in [-0.2, 0) is 4.79 Å². The summed E-state index contributed by atoms with van der Waals surface area (Å²) in [4.78, 5) is 17.0. The summed E-state index contributed by atoms with van der Waals surface area (Å²) >= 11 is 6.03. The summed E-state index contributed by atoms with van der Waals surface area (Å²) in [5.74, 6) is 1.03. The second-order valence-electron chi connectivity index (χ2n) is 6.10. The summed E-state index contributed by atoms with van der Waals surface area (Å²) in [5.41, 5.74) is 2.26. The summed E-state index contributed by atoms with van der Waals surface area (Å²) < 4.78 is 11.4. The second-order valence-corrected chi connectivity index (χ2v) is 6.51. The number of carbonyl (C=O) groups is 1. The van der Waals surface area contributed by atoms with Gasteiger partial charge in [-0.1, -0.05) is 11.6 Å². The molecule has 0 fully saturated rings. The molecule has 3 aromatic rings. The highest BCUT2D eigenvalue weighted by Crippen LogP contribution is 2.30. The van der Waals surface area contributed by atoms with Crippen LogP contribution in [0.2, 0.25) is 5.02 Å². The fourth-order valence-electron chi connectivity index (χ4n) is 2.71. The summed E-state index contributed by atoms with van der Waals surface area (Å²) in [6, 6.07) is 12.6. The lowest BCUT2D eigenvalue weighted by Gasteiger charge is -2.17. The maximum absolute atomic E-state index is 12.6. The molecule has 0 saturated carbocycles. The topological polar surface area (TPSA) is 60.5 Å². The molecule has 2 aromatic carbocycles. The Kier molecular flexibility index (Phi) is 5.81. The molecule has 1 atom stereocenters. The zero-order chi connectivity index (χ0) is 19.4. The molecule has 0 saturated heterocycles. The van der Waals surface area contributed by atoms with Crippen LogP contribution < -0.4 is 14.8 Å². The molecule has 1 amide bonds. The Morgan fingerprint density at radius 1 is 1.26 bits per heavy atom. The number of anilines is 1. The average molecular weight is 385 g/mol. The molecule has 0 spiro atoms. The number of pyridine rings is 1. The number of amides is 1. The van der Waals surface area contributed by atoms with Crippen molar-refractivity contribution in [2.75, 3.05) is 11.9 Å². The van der Waals surface area contributed by atoms with E-state index in [2.05, 4.69) is 10.3 Å². The third-order valence-corrected chi connectivity index (χ3v) is 4.53. The minimum absolute atomic E-state index is 0.253. The maximum Gasteiger partial charge on any atom is 0.265 e. The Balaban J connectivity index is 1.79. The predicted octanol–water partition coefficient (Wildman–Crippen LogP) is 5.00. The summed E-state index contributed by atoms with van der Waals surface area (Å²) in [7, 11) is 0. The van der Waals surface area contributed by atoms with Gasteiger partial charge >= 0.3 is 0 Å². The van der Waals surface area contributed by atoms with Gasteiger partial charge in [0.2, 0.25) is 0 Å². The lowest BCUT2D eigenvalue weighted by molar-refractivity contribution is -0.122. The number of hydrogen-bond acceptors (Lipinski definition) is 4. The Morgan fingerprint density at radius 2 is 2.07 bits per heavy atom. The number of aryl methyl sites for hydroxylation is 1. The van der Waals surface area contributed by atoms with E-state index in [1.807, 2.05) is 44.2 Å². The van der Waals surface area contributed by atoms with Gasteiger partial charge in [0, 0.05) is 16.6 Å². The summed E-state index contributed by atoms with van der Waals surface area (Å²) in [5, 5.41) is 4.39. The molecule has 0 bridgehead atoms. The van der Waals surface area contributed by atoms with Crippen molar-refractivity contribution < 1.29 is 14.3 Å². The van der Waals surface area contributed by atoms with Crippen LogP contribution >= 0.6 is 11.6 Å². The minimum Gasteiger partial charge on any atom is -0.492 e. The fraction of sp³-hybridized carbons (Fsp3) is 0.238. The highest BCUT2D eigenvalue weighted by molar-refractivity contribution is 6.31. The van der Waals surface area contributed by atoms with Gasteiger partial charge in [-0.25, -0.2) is 0 Å². The monoisotopic (exact) mass is 384 g/mol. The van der Waals surface area contributed by atoms with Gasteiger partial charge in [-0.2, -0.15) is 0 Å². The zero-order valence-corrected chi connectivity index (χ0v) is 16.2. The third kappa shape index (κ3) is 4.31. The first-order valence-corrected chi connectivity index (χ1v) is 9.11. The first-order chi connectivity index (χ1) is 13.0. The van der Waals surface area contributed by atoms with E-state index >= 15 is 0 Å². The Hall–Kier alpha value is -2.79. The molecule has 6 heteroatoms. The molecule has 5 nitrogen and oxygen atoms in total. The molecular weight excluding hydrogens is 364 g/mol. The number of rotatable bonds is 6. The standard InChI is InChI=1S/C21H21ClN2O3/c1-4-26-19-10-9-18(16-6-5-11-23-20(16)19)24-21(25)14(3)27-15-7-8-17(22)13(2)12-15/h5-12,14H,4H2,1-3H3,(H,24,25)/t14-/m1/s1. The van der Waals surface area contributed by atoms with Crippen molar-refractivity contribution in [2.45, 2.75) is 26.9 Å². The van der Waals surface area contributed by atoms with Gasteiger partial charge in [-0.15, -0.1) is 0 Å². The number of halogens is 1. The van der Waals surface area contributed by atoms with Crippen LogP contribution in [0.25, 0.3) is 10.9 Å². The molecule has 27 heavy (non-hydrogen) atoms. The van der Waals surface area contributed by atoms with Crippen LogP contribution in [0.4, 0.5) is 5.69 Å². The highest BCUT2D eigenvalue weighted by atomic mass is 35.5. The molecule has 0 aliphatic carbocycles. The smallest absolute Gasteiger partial charge is 0.265 e. The number of fused-ring (bicyclic) bond motifs is 1. The second kappa shape index (κ2) is 8.27. The lowest BCUT2D eigenvalue weighted by atomic mass is 10.1. The number of benzene rings is 2. The quantitative estimate of drug-likeness (QED) is 0.649. The number of hydrogen-bond donors (Lipinski definition) is 1. The molecule has 140 valence electrons. The van der Waals surface area contributed by atoms with Crippen molar-refractivity contribution >= 4 is 34.1 Å². The van der Waals surface area contributed by atoms with Gasteiger partial charge in [0.15, 0.2) is 6.10 Å². The fourth-order valence-corrected chi connectivity index (χ4v) is 2.83. The van der Waals surface area contributed by atoms with E-state index in [9.17, 15) is 4.79 Å². The Bertz CT molecular complexity index is 975. The molecule has 0 radical (unpaired) electrons. The predicted molar refractivity (Wildman–Crippen MR) is 108 cm³/mol. The molecule has 0 aliphatic heterocycles. The van der Waals surface area contributed by atoms with Gasteiger partial charge in [0.1, 0.15) is 17.0 Å². The molecule has 1 heterocycles. The van der Waals surface area contributed by atoms with Crippen molar-refractivity contribution in [3.05, 3.63) is 59.2 Å². The Morgan fingerprint density at radius 3 is 2.81 bits per heavy atom. The van der Waals surface area contributed by atoms with E-state index in [1.165, 1.54) is 0 Å². The first-order valence-electron chi connectivity index (χ1n) is 8.73. The maximum atomic E-state index is 12.6. The normalized spacial score (nSPS) is 11.9. The van der Waals surface area contributed by atoms with Gasteiger partial charge in [-0.05, 0) is 68.8 Å². The van der Waals surface area contributed by atoms with E-state index in [0.29, 0.717) is 34.3 Å². The van der Waals surface area contributed by atoms with Crippen LogP contribution in [0, 0.1) is 6.92 Å². The van der Waals surface area contributed by atoms with Crippen LogP contribution in [0.1, 0.15) is 19.4 Å². The number of nitrogens with zero attached hydrogens (tertiary/aromatic N) is 1. The number of aromatic nitrogens is 1. The third-order valence-electron chi connectivity index (χ3n) is 4.10. The summed E-state index contributed by atoms with van der Waals surface area (Å²) in [6.07, 6.45) is 1.02. The van der Waals surface area contributed by atoms with Crippen molar-refractivity contribution in [3.63, 3.8) is 0 Å². The van der Waals surface area contributed by atoms with Crippen molar-refractivity contribution in [1.82, 2.24) is 4.98 Å². The van der Waals surface area contributed by atoms with E-state index in [0.717, 1.165) is 10.9 Å². The molecule has 0 unspecified atom stereocenters. The van der Waals surface area contributed by atoms with E-state index < -0.39 is 6.10 Å². The SMILES string of the molecule is CCOc1ccc(NC(=O)[C@@H](C)Oc2ccc(Cl)c(C)c2)c2cccnc12. The largest absolute Gasteiger partial charge is 0.492 e. The van der Waals surface area contributed by atoms with E-state index in [4.69, 9.17) is 21.1 Å². The van der Waals surface area contributed by atoms with Gasteiger partial charge in [0.05, 0.1) is 12.3 Å². The first kappa shape index (κ1) is 19.0. The summed E-state index contributed by atoms with van der Waals surface area (Å²) in [6.45, 7) is 6.05. The minimum atomic E-state index is -0.677. The van der Waals surface area contributed by atoms with Crippen LogP contribution in [0.5, 0.6) is 11.5 Å². The molecule has 1 aromatic heterocycles. The average Bonchev–Trinajstić information content (AvgIpc) is 2.66. The molecule has 1 N–H and O–H groups in total. The van der Waals surface area contributed by atoms with Crippen LogP contribution in [0.15, 0.2) is 48.7 Å². The van der Waals surface area contributed by atoms with Gasteiger partial charge < -0.3 is 14.8 Å². The van der Waals surface area contributed by atoms with Gasteiger partial charge in [-0.3, -0.25) is 9.78 Å². The zero-order valence-electron chi connectivity index (χ0n) is 15.5. The highest BCUT2D eigenvalue weighted by Gasteiger charge is 2.17. The van der Waals surface area contributed by atoms with Crippen molar-refractivity contribution in [2.24, 2.45) is 0 Å². The van der Waals surface area contributed by atoms with Crippen LogP contribution in [-0.4, -0.2) is 23.6 Å². The Labute approximate surface area is 163 Å². The number of carbonyl (C=O) groups excluding carboxylic acids is 1. The molecular formula is C21H21ClN2O3. The van der Waals surface area contributed by atoms with Crippen molar-refractivity contribution in [1.29, 1.82) is 0 Å². The van der Waals surface area contributed by atoms with E-state index in [1.54, 1.807) is 25.3 Å². The van der Waals surface area contributed by atoms with E-state index in [-0.39, 0.29) is 5.91 Å². The van der Waals surface area contributed by atoms with Crippen LogP contribution in [0.3, 0.4) is 0 Å². The van der Waals surface area contributed by atoms with Crippen molar-refractivity contribution in [3.8, 4) is 11.5 Å². The lowest BCUT2D eigenvalue weighted by Crippen LogP contribution is -2.30. The molecule has 3 rings (SSSR count). The van der Waals surface area contributed by atoms with Gasteiger partial charge in [0.25, 0.3) is 5.91 Å².